The number of carbonyl (C=O) groups excluding carboxylic acids is 1. The van der Waals surface area contributed by atoms with Gasteiger partial charge in [-0.3, -0.25) is 10.1 Å². The summed E-state index contributed by atoms with van der Waals surface area (Å²) in [4.78, 5) is 12.5. The molecule has 2 rings (SSSR count). The van der Waals surface area contributed by atoms with Gasteiger partial charge >= 0.3 is 0 Å². The van der Waals surface area contributed by atoms with E-state index in [0.29, 0.717) is 55.8 Å². The van der Waals surface area contributed by atoms with Crippen molar-refractivity contribution in [1.82, 2.24) is 10.6 Å². The van der Waals surface area contributed by atoms with E-state index in [-0.39, 0.29) is 11.0 Å². The van der Waals surface area contributed by atoms with Gasteiger partial charge in [-0.2, -0.15) is 0 Å². The zero-order valence-electron chi connectivity index (χ0n) is 18.9. The summed E-state index contributed by atoms with van der Waals surface area (Å²) < 4.78 is 22.0. The van der Waals surface area contributed by atoms with Crippen molar-refractivity contribution in [3.63, 3.8) is 0 Å². The molecule has 0 aromatic heterocycles. The van der Waals surface area contributed by atoms with Gasteiger partial charge in [0.05, 0.1) is 20.3 Å². The van der Waals surface area contributed by atoms with Crippen molar-refractivity contribution < 1.29 is 23.7 Å². The van der Waals surface area contributed by atoms with E-state index in [0.717, 1.165) is 18.4 Å². The number of methoxy groups -OCH3 is 1. The third kappa shape index (κ3) is 8.72. The first kappa shape index (κ1) is 25.4. The molecule has 0 aliphatic carbocycles. The lowest BCUT2D eigenvalue weighted by molar-refractivity contribution is 0.0975. The second-order valence-electron chi connectivity index (χ2n) is 6.90. The summed E-state index contributed by atoms with van der Waals surface area (Å²) in [5.74, 6) is 1.67. The molecule has 0 atom stereocenters. The van der Waals surface area contributed by atoms with E-state index in [9.17, 15) is 4.79 Å². The van der Waals surface area contributed by atoms with Crippen molar-refractivity contribution in [3.05, 3.63) is 53.6 Å². The molecule has 0 saturated heterocycles. The minimum Gasteiger partial charge on any atom is -0.493 e. The lowest BCUT2D eigenvalue weighted by Gasteiger charge is -2.13. The van der Waals surface area contributed by atoms with Crippen LogP contribution in [-0.4, -0.2) is 44.6 Å². The molecule has 2 N–H and O–H groups in total. The summed E-state index contributed by atoms with van der Waals surface area (Å²) >= 11 is 5.27. The highest BCUT2D eigenvalue weighted by molar-refractivity contribution is 7.80. The Bertz CT molecular complexity index is 875. The van der Waals surface area contributed by atoms with Crippen LogP contribution in [0.25, 0.3) is 0 Å². The zero-order valence-corrected chi connectivity index (χ0v) is 19.8. The molecule has 7 nitrogen and oxygen atoms in total. The van der Waals surface area contributed by atoms with E-state index in [1.54, 1.807) is 31.4 Å². The molecular weight excluding hydrogens is 428 g/mol. The second kappa shape index (κ2) is 14.3. The smallest absolute Gasteiger partial charge is 0.257 e. The molecule has 2 aromatic carbocycles. The molecule has 32 heavy (non-hydrogen) atoms. The number of unbranched alkanes of at least 4 members (excludes halogenated alkanes) is 1. The maximum absolute atomic E-state index is 12.5. The van der Waals surface area contributed by atoms with Crippen molar-refractivity contribution in [3.8, 4) is 17.2 Å². The standard InChI is InChI=1S/C24H32N2O5S/c1-4-6-12-31-21-11-10-18(15-22(21)28-3)17-25-24(32)26-23(27)19-8-7-9-20(16-19)30-14-13-29-5-2/h7-11,15-16H,4-6,12-14,17H2,1-3H3,(H2,25,26,27,32). The van der Waals surface area contributed by atoms with Crippen LogP contribution in [-0.2, 0) is 11.3 Å². The summed E-state index contributed by atoms with van der Waals surface area (Å²) in [6, 6.07) is 12.6. The molecule has 1 amide bonds. The minimum atomic E-state index is -0.310. The summed E-state index contributed by atoms with van der Waals surface area (Å²) in [5, 5.41) is 5.97. The predicted molar refractivity (Wildman–Crippen MR) is 129 cm³/mol. The van der Waals surface area contributed by atoms with Gasteiger partial charge in [0.2, 0.25) is 0 Å². The maximum atomic E-state index is 12.5. The molecule has 0 spiro atoms. The molecule has 0 bridgehead atoms. The average Bonchev–Trinajstić information content (AvgIpc) is 2.81. The number of nitrogens with one attached hydrogen (secondary N) is 2. The number of carbonyl (C=O) groups is 1. The van der Waals surface area contributed by atoms with E-state index >= 15 is 0 Å². The third-order valence-corrected chi connectivity index (χ3v) is 4.71. The number of thiocarbonyl (C=S) groups is 1. The van der Waals surface area contributed by atoms with Gasteiger partial charge in [0.15, 0.2) is 16.6 Å². The van der Waals surface area contributed by atoms with Gasteiger partial charge < -0.3 is 24.3 Å². The Morgan fingerprint density at radius 2 is 1.84 bits per heavy atom. The SMILES string of the molecule is CCCCOc1ccc(CNC(=S)NC(=O)c2cccc(OCCOCC)c2)cc1OC. The molecule has 174 valence electrons. The highest BCUT2D eigenvalue weighted by atomic mass is 32.1. The number of amides is 1. The van der Waals surface area contributed by atoms with Crippen molar-refractivity contribution in [2.45, 2.75) is 33.2 Å². The van der Waals surface area contributed by atoms with Crippen molar-refractivity contribution in [2.24, 2.45) is 0 Å². The molecule has 0 aliphatic rings. The monoisotopic (exact) mass is 460 g/mol. The van der Waals surface area contributed by atoms with Crippen LogP contribution in [0, 0.1) is 0 Å². The first-order chi connectivity index (χ1) is 15.6. The number of ether oxygens (including phenoxy) is 4. The fraction of sp³-hybridized carbons (Fsp3) is 0.417. The Hall–Kier alpha value is -2.84. The molecular formula is C24H32N2O5S. The van der Waals surface area contributed by atoms with Crippen LogP contribution in [0.3, 0.4) is 0 Å². The van der Waals surface area contributed by atoms with Gasteiger partial charge in [-0.25, -0.2) is 0 Å². The summed E-state index contributed by atoms with van der Waals surface area (Å²) in [6.07, 6.45) is 2.06. The summed E-state index contributed by atoms with van der Waals surface area (Å²) in [5.41, 5.74) is 1.41. The van der Waals surface area contributed by atoms with E-state index < -0.39 is 0 Å². The van der Waals surface area contributed by atoms with Gasteiger partial charge in [0.1, 0.15) is 12.4 Å². The van der Waals surface area contributed by atoms with Gasteiger partial charge in [0.25, 0.3) is 5.91 Å². The highest BCUT2D eigenvalue weighted by Crippen LogP contribution is 2.28. The topological polar surface area (TPSA) is 78.1 Å². The number of benzene rings is 2. The van der Waals surface area contributed by atoms with Gasteiger partial charge in [-0.05, 0) is 61.5 Å². The van der Waals surface area contributed by atoms with Crippen LogP contribution in [0.4, 0.5) is 0 Å². The molecule has 0 saturated carbocycles. The van der Waals surface area contributed by atoms with Crippen molar-refractivity contribution in [1.29, 1.82) is 0 Å². The Balaban J connectivity index is 1.85. The first-order valence-corrected chi connectivity index (χ1v) is 11.2. The Kier molecular flexibility index (Phi) is 11.3. The van der Waals surface area contributed by atoms with Crippen LogP contribution in [0.1, 0.15) is 42.6 Å². The summed E-state index contributed by atoms with van der Waals surface area (Å²) in [6.45, 7) is 6.69. The number of rotatable bonds is 13. The van der Waals surface area contributed by atoms with Crippen LogP contribution in [0.5, 0.6) is 17.2 Å². The van der Waals surface area contributed by atoms with Gasteiger partial charge in [-0.1, -0.05) is 25.5 Å². The quantitative estimate of drug-likeness (QED) is 0.344. The molecule has 0 radical (unpaired) electrons. The van der Waals surface area contributed by atoms with Crippen LogP contribution < -0.4 is 24.8 Å². The second-order valence-corrected chi connectivity index (χ2v) is 7.31. The van der Waals surface area contributed by atoms with Crippen LogP contribution in [0.2, 0.25) is 0 Å². The normalized spacial score (nSPS) is 10.3. The molecule has 0 heterocycles. The third-order valence-electron chi connectivity index (χ3n) is 4.46. The maximum Gasteiger partial charge on any atom is 0.257 e. The fourth-order valence-electron chi connectivity index (χ4n) is 2.76. The summed E-state index contributed by atoms with van der Waals surface area (Å²) in [7, 11) is 1.61. The zero-order chi connectivity index (χ0) is 23.2. The minimum absolute atomic E-state index is 0.236. The van der Waals surface area contributed by atoms with Crippen molar-refractivity contribution >= 4 is 23.2 Å². The van der Waals surface area contributed by atoms with E-state index in [1.807, 2.05) is 25.1 Å². The first-order valence-electron chi connectivity index (χ1n) is 10.8. The Labute approximate surface area is 195 Å². The largest absolute Gasteiger partial charge is 0.493 e. The predicted octanol–water partition coefficient (Wildman–Crippen LogP) is 4.09. The van der Waals surface area contributed by atoms with E-state index in [4.69, 9.17) is 31.2 Å². The Morgan fingerprint density at radius 1 is 1.00 bits per heavy atom. The molecule has 2 aromatic rings. The molecule has 0 aliphatic heterocycles. The van der Waals surface area contributed by atoms with E-state index in [1.165, 1.54) is 0 Å². The fourth-order valence-corrected chi connectivity index (χ4v) is 2.92. The average molecular weight is 461 g/mol. The Morgan fingerprint density at radius 3 is 2.59 bits per heavy atom. The lowest BCUT2D eigenvalue weighted by Crippen LogP contribution is -2.38. The molecule has 0 unspecified atom stereocenters. The number of hydrogen-bond acceptors (Lipinski definition) is 6. The number of hydrogen-bond donors (Lipinski definition) is 2. The van der Waals surface area contributed by atoms with E-state index in [2.05, 4.69) is 17.6 Å². The van der Waals surface area contributed by atoms with Gasteiger partial charge in [0, 0.05) is 18.7 Å². The highest BCUT2D eigenvalue weighted by Gasteiger charge is 2.10. The molecule has 8 heteroatoms. The van der Waals surface area contributed by atoms with Crippen molar-refractivity contribution in [2.75, 3.05) is 33.5 Å². The molecule has 0 fully saturated rings. The van der Waals surface area contributed by atoms with Crippen LogP contribution >= 0.6 is 12.2 Å². The lowest BCUT2D eigenvalue weighted by atomic mass is 10.2. The van der Waals surface area contributed by atoms with Gasteiger partial charge in [-0.15, -0.1) is 0 Å². The van der Waals surface area contributed by atoms with Crippen LogP contribution in [0.15, 0.2) is 42.5 Å².